The van der Waals surface area contributed by atoms with Crippen molar-refractivity contribution in [2.75, 3.05) is 6.61 Å². The van der Waals surface area contributed by atoms with Crippen LogP contribution in [-0.2, 0) is 19.1 Å². The van der Waals surface area contributed by atoms with Crippen LogP contribution in [0, 0.1) is 10.8 Å². The fourth-order valence-corrected chi connectivity index (χ4v) is 3.03. The number of rotatable bonds is 9. The molecule has 0 bridgehead atoms. The van der Waals surface area contributed by atoms with Crippen molar-refractivity contribution >= 4 is 12.3 Å². The van der Waals surface area contributed by atoms with E-state index in [9.17, 15) is 9.59 Å². The smallest absolute Gasteiger partial charge is 0.293 e. The largest absolute Gasteiger partial charge is 0.462 e. The second kappa shape index (κ2) is 7.12. The molecule has 0 aliphatic carbocycles. The van der Waals surface area contributed by atoms with Crippen LogP contribution < -0.4 is 0 Å². The van der Waals surface area contributed by atoms with Gasteiger partial charge in [-0.1, -0.05) is 34.6 Å². The Balaban J connectivity index is 4.73. The van der Waals surface area contributed by atoms with Gasteiger partial charge in [-0.25, -0.2) is 0 Å². The van der Waals surface area contributed by atoms with E-state index >= 15 is 0 Å². The van der Waals surface area contributed by atoms with Gasteiger partial charge in [-0.05, 0) is 39.5 Å². The number of hydrogen-bond acceptors (Lipinski definition) is 4. The van der Waals surface area contributed by atoms with Crippen LogP contribution in [0.3, 0.4) is 0 Å². The van der Waals surface area contributed by atoms with Crippen LogP contribution in [0.2, 0.25) is 0 Å². The lowest BCUT2D eigenvalue weighted by atomic mass is 9.70. The molecule has 0 aromatic carbocycles. The summed E-state index contributed by atoms with van der Waals surface area (Å²) in [6.07, 6.45) is 1.34. The predicted molar refractivity (Wildman–Crippen MR) is 88.7 cm³/mol. The highest BCUT2D eigenvalue weighted by Crippen LogP contribution is 2.37. The van der Waals surface area contributed by atoms with Crippen molar-refractivity contribution in [3.63, 3.8) is 0 Å². The summed E-state index contributed by atoms with van der Waals surface area (Å²) < 4.78 is 10.8. The highest BCUT2D eigenvalue weighted by Gasteiger charge is 2.42. The third-order valence-electron chi connectivity index (χ3n) is 3.67. The standard InChI is InChI=1S/C18H34O4/c1-15(2,3)12-16(4,5)14(20)18(8,9)21-11-10-17(6,7)22-13-19/h13H,10-12H2,1-9H3. The highest BCUT2D eigenvalue weighted by atomic mass is 16.5. The quantitative estimate of drug-likeness (QED) is 0.600. The van der Waals surface area contributed by atoms with E-state index in [1.165, 1.54) is 0 Å². The molecule has 0 rings (SSSR count). The maximum absolute atomic E-state index is 12.8. The van der Waals surface area contributed by atoms with Crippen molar-refractivity contribution in [2.45, 2.75) is 86.4 Å². The number of ether oxygens (including phenoxy) is 2. The zero-order valence-electron chi connectivity index (χ0n) is 15.8. The molecule has 0 saturated carbocycles. The third kappa shape index (κ3) is 7.39. The molecule has 0 spiro atoms. The van der Waals surface area contributed by atoms with Crippen LogP contribution in [0.1, 0.15) is 75.2 Å². The van der Waals surface area contributed by atoms with Gasteiger partial charge in [0, 0.05) is 11.8 Å². The molecule has 130 valence electrons. The van der Waals surface area contributed by atoms with Gasteiger partial charge in [0.05, 0.1) is 6.61 Å². The van der Waals surface area contributed by atoms with Gasteiger partial charge < -0.3 is 9.47 Å². The molecular weight excluding hydrogens is 280 g/mol. The lowest BCUT2D eigenvalue weighted by molar-refractivity contribution is -0.155. The molecule has 0 N–H and O–H groups in total. The van der Waals surface area contributed by atoms with Crippen molar-refractivity contribution in [1.82, 2.24) is 0 Å². The first-order valence-electron chi connectivity index (χ1n) is 7.93. The first-order chi connectivity index (χ1) is 9.63. The number of Topliss-reactive ketones (excluding diaryl/α,β-unsaturated/α-hetero) is 1. The molecule has 0 unspecified atom stereocenters. The summed E-state index contributed by atoms with van der Waals surface area (Å²) in [5.41, 5.74) is -1.81. The SMILES string of the molecule is CC(C)(C)CC(C)(C)C(=O)C(C)(C)OCCC(C)(C)OC=O. The van der Waals surface area contributed by atoms with Gasteiger partial charge in [0.1, 0.15) is 11.2 Å². The molecular formula is C18H34O4. The number of carbonyl (C=O) groups is 2. The van der Waals surface area contributed by atoms with Gasteiger partial charge in [0.25, 0.3) is 6.47 Å². The summed E-state index contributed by atoms with van der Waals surface area (Å²) >= 11 is 0. The predicted octanol–water partition coefficient (Wildman–Crippen LogP) is 4.15. The fourth-order valence-electron chi connectivity index (χ4n) is 3.03. The number of carbonyl (C=O) groups excluding carboxylic acids is 2. The summed E-state index contributed by atoms with van der Waals surface area (Å²) in [6, 6.07) is 0. The van der Waals surface area contributed by atoms with Crippen molar-refractivity contribution in [3.05, 3.63) is 0 Å². The second-order valence-corrected chi connectivity index (χ2v) is 9.03. The second-order valence-electron chi connectivity index (χ2n) is 9.03. The van der Waals surface area contributed by atoms with Crippen LogP contribution in [0.5, 0.6) is 0 Å². The number of ketones is 1. The Labute approximate surface area is 135 Å². The molecule has 0 saturated heterocycles. The van der Waals surface area contributed by atoms with E-state index in [4.69, 9.17) is 9.47 Å². The van der Waals surface area contributed by atoms with E-state index in [2.05, 4.69) is 20.8 Å². The van der Waals surface area contributed by atoms with Crippen LogP contribution in [0.25, 0.3) is 0 Å². The Morgan fingerprint density at radius 3 is 1.86 bits per heavy atom. The van der Waals surface area contributed by atoms with E-state index in [-0.39, 0.29) is 11.2 Å². The van der Waals surface area contributed by atoms with Crippen LogP contribution in [0.15, 0.2) is 0 Å². The third-order valence-corrected chi connectivity index (χ3v) is 3.67. The van der Waals surface area contributed by atoms with Crippen molar-refractivity contribution in [2.24, 2.45) is 10.8 Å². The monoisotopic (exact) mass is 314 g/mol. The minimum absolute atomic E-state index is 0.0784. The van der Waals surface area contributed by atoms with Gasteiger partial charge in [-0.3, -0.25) is 9.59 Å². The normalized spacial score (nSPS) is 13.9. The summed E-state index contributed by atoms with van der Waals surface area (Å²) in [7, 11) is 0. The molecule has 4 nitrogen and oxygen atoms in total. The average Bonchev–Trinajstić information content (AvgIpc) is 2.23. The topological polar surface area (TPSA) is 52.6 Å². The Kier molecular flexibility index (Phi) is 6.83. The molecule has 0 radical (unpaired) electrons. The van der Waals surface area contributed by atoms with Crippen molar-refractivity contribution in [1.29, 1.82) is 0 Å². The minimum atomic E-state index is -0.855. The Morgan fingerprint density at radius 2 is 1.45 bits per heavy atom. The summed E-state index contributed by atoms with van der Waals surface area (Å²) in [6.45, 7) is 18.4. The number of hydrogen-bond donors (Lipinski definition) is 0. The maximum Gasteiger partial charge on any atom is 0.293 e. The van der Waals surface area contributed by atoms with Gasteiger partial charge >= 0.3 is 0 Å². The molecule has 0 aromatic heterocycles. The lowest BCUT2D eigenvalue weighted by Crippen LogP contribution is -2.46. The molecule has 0 amide bonds. The summed E-state index contributed by atoms with van der Waals surface area (Å²) in [5.74, 6) is 0.101. The van der Waals surface area contributed by atoms with Gasteiger partial charge in [-0.15, -0.1) is 0 Å². The molecule has 0 aliphatic rings. The van der Waals surface area contributed by atoms with E-state index in [1.807, 2.05) is 41.5 Å². The summed E-state index contributed by atoms with van der Waals surface area (Å²) in [4.78, 5) is 23.3. The molecule has 0 aromatic rings. The van der Waals surface area contributed by atoms with Crippen LogP contribution >= 0.6 is 0 Å². The molecule has 4 heteroatoms. The van der Waals surface area contributed by atoms with Crippen molar-refractivity contribution in [3.8, 4) is 0 Å². The molecule has 0 aliphatic heterocycles. The molecule has 0 fully saturated rings. The minimum Gasteiger partial charge on any atom is -0.462 e. The Hall–Kier alpha value is -0.900. The maximum atomic E-state index is 12.8. The van der Waals surface area contributed by atoms with E-state index < -0.39 is 16.6 Å². The van der Waals surface area contributed by atoms with Gasteiger partial charge in [-0.2, -0.15) is 0 Å². The molecule has 0 atom stereocenters. The average molecular weight is 314 g/mol. The Bertz CT molecular complexity index is 386. The zero-order chi connectivity index (χ0) is 17.8. The van der Waals surface area contributed by atoms with E-state index in [0.29, 0.717) is 19.5 Å². The van der Waals surface area contributed by atoms with Gasteiger partial charge in [0.2, 0.25) is 0 Å². The highest BCUT2D eigenvalue weighted by molar-refractivity contribution is 5.91. The van der Waals surface area contributed by atoms with Crippen LogP contribution in [-0.4, -0.2) is 30.1 Å². The first-order valence-corrected chi connectivity index (χ1v) is 7.93. The lowest BCUT2D eigenvalue weighted by Gasteiger charge is -2.37. The van der Waals surface area contributed by atoms with Crippen molar-refractivity contribution < 1.29 is 19.1 Å². The van der Waals surface area contributed by atoms with E-state index in [0.717, 1.165) is 6.42 Å². The van der Waals surface area contributed by atoms with Gasteiger partial charge in [0.15, 0.2) is 5.78 Å². The summed E-state index contributed by atoms with van der Waals surface area (Å²) in [5, 5.41) is 0. The zero-order valence-corrected chi connectivity index (χ0v) is 15.8. The first kappa shape index (κ1) is 21.1. The molecule has 22 heavy (non-hydrogen) atoms. The molecule has 0 heterocycles. The van der Waals surface area contributed by atoms with Crippen LogP contribution in [0.4, 0.5) is 0 Å². The fraction of sp³-hybridized carbons (Fsp3) is 0.889. The van der Waals surface area contributed by atoms with E-state index in [1.54, 1.807) is 0 Å². The Morgan fingerprint density at radius 1 is 0.955 bits per heavy atom.